The molecule has 1 saturated carbocycles. The van der Waals surface area contributed by atoms with Crippen LogP contribution in [0.1, 0.15) is 46.0 Å². The summed E-state index contributed by atoms with van der Waals surface area (Å²) in [4.78, 5) is 10.9. The fourth-order valence-corrected chi connectivity index (χ4v) is 3.29. The second-order valence-electron chi connectivity index (χ2n) is 5.77. The zero-order valence-electron chi connectivity index (χ0n) is 10.3. The Kier molecular flexibility index (Phi) is 3.53. The van der Waals surface area contributed by atoms with Crippen molar-refractivity contribution in [3.8, 4) is 0 Å². The van der Waals surface area contributed by atoms with Gasteiger partial charge in [-0.2, -0.15) is 0 Å². The number of aliphatic carboxylic acids is 1. The van der Waals surface area contributed by atoms with E-state index in [-0.39, 0.29) is 6.04 Å². The van der Waals surface area contributed by atoms with Crippen LogP contribution in [0.4, 0.5) is 0 Å². The van der Waals surface area contributed by atoms with Gasteiger partial charge in [0.25, 0.3) is 0 Å². The fourth-order valence-electron chi connectivity index (χ4n) is 3.29. The van der Waals surface area contributed by atoms with Crippen molar-refractivity contribution >= 4 is 5.97 Å². The van der Waals surface area contributed by atoms with Gasteiger partial charge in [0.15, 0.2) is 0 Å². The largest absolute Gasteiger partial charge is 0.480 e. The maximum atomic E-state index is 10.9. The topological polar surface area (TPSA) is 49.3 Å². The number of carboxylic acids is 1. The first-order chi connectivity index (χ1) is 7.58. The summed E-state index contributed by atoms with van der Waals surface area (Å²) >= 11 is 0. The Hall–Kier alpha value is -0.570. The van der Waals surface area contributed by atoms with Crippen LogP contribution in [0.25, 0.3) is 0 Å². The molecule has 92 valence electrons. The van der Waals surface area contributed by atoms with Crippen molar-refractivity contribution in [2.45, 2.75) is 58.0 Å². The Bertz CT molecular complexity index is 267. The van der Waals surface area contributed by atoms with Crippen molar-refractivity contribution in [1.29, 1.82) is 0 Å². The first kappa shape index (κ1) is 11.9. The third kappa shape index (κ3) is 2.40. The summed E-state index contributed by atoms with van der Waals surface area (Å²) in [6, 6.07) is 0.163. The van der Waals surface area contributed by atoms with E-state index in [1.54, 1.807) is 0 Å². The number of hydrogen-bond donors (Lipinski definition) is 2. The van der Waals surface area contributed by atoms with Gasteiger partial charge < -0.3 is 10.4 Å². The van der Waals surface area contributed by atoms with E-state index in [1.165, 1.54) is 19.3 Å². The Labute approximate surface area is 97.6 Å². The van der Waals surface area contributed by atoms with E-state index >= 15 is 0 Å². The average Bonchev–Trinajstić information content (AvgIpc) is 2.71. The number of rotatable bonds is 2. The van der Waals surface area contributed by atoms with Crippen LogP contribution in [0, 0.1) is 17.8 Å². The molecule has 0 bridgehead atoms. The summed E-state index contributed by atoms with van der Waals surface area (Å²) in [6.07, 6.45) is 5.70. The zero-order chi connectivity index (χ0) is 11.7. The molecular formula is C13H23NO2. The highest BCUT2D eigenvalue weighted by atomic mass is 16.4. The molecule has 5 atom stereocenters. The molecule has 1 aliphatic heterocycles. The molecule has 16 heavy (non-hydrogen) atoms. The van der Waals surface area contributed by atoms with Gasteiger partial charge in [0.05, 0.1) is 0 Å². The average molecular weight is 225 g/mol. The van der Waals surface area contributed by atoms with E-state index in [0.29, 0.717) is 12.0 Å². The molecule has 0 radical (unpaired) electrons. The van der Waals surface area contributed by atoms with Gasteiger partial charge in [0.1, 0.15) is 6.04 Å². The SMILES string of the molecule is CC1CCC(C2CCC(C(=O)O)N2)CC1C. The molecule has 2 aliphatic rings. The summed E-state index contributed by atoms with van der Waals surface area (Å²) in [7, 11) is 0. The number of nitrogens with one attached hydrogen (secondary N) is 1. The van der Waals surface area contributed by atoms with Crippen molar-refractivity contribution in [3.05, 3.63) is 0 Å². The molecule has 1 heterocycles. The highest BCUT2D eigenvalue weighted by Gasteiger charge is 2.36. The molecule has 1 saturated heterocycles. The molecular weight excluding hydrogens is 202 g/mol. The first-order valence-electron chi connectivity index (χ1n) is 6.56. The van der Waals surface area contributed by atoms with E-state index in [1.807, 2.05) is 0 Å². The molecule has 0 aromatic carbocycles. The van der Waals surface area contributed by atoms with Crippen molar-refractivity contribution in [1.82, 2.24) is 5.32 Å². The lowest BCUT2D eigenvalue weighted by Crippen LogP contribution is -2.41. The fraction of sp³-hybridized carbons (Fsp3) is 0.923. The standard InChI is InChI=1S/C13H23NO2/c1-8-3-4-10(7-9(8)2)11-5-6-12(14-11)13(15)16/h8-12,14H,3-7H2,1-2H3,(H,15,16). The van der Waals surface area contributed by atoms with Crippen LogP contribution in [0.5, 0.6) is 0 Å². The van der Waals surface area contributed by atoms with E-state index in [0.717, 1.165) is 24.7 Å². The highest BCUT2D eigenvalue weighted by Crippen LogP contribution is 2.37. The zero-order valence-corrected chi connectivity index (χ0v) is 10.3. The first-order valence-corrected chi connectivity index (χ1v) is 6.56. The number of carboxylic acid groups (broad SMARTS) is 1. The van der Waals surface area contributed by atoms with Gasteiger partial charge in [0, 0.05) is 6.04 Å². The van der Waals surface area contributed by atoms with Crippen molar-refractivity contribution in [3.63, 3.8) is 0 Å². The predicted molar refractivity (Wildman–Crippen MR) is 63.3 cm³/mol. The molecule has 0 amide bonds. The lowest BCUT2D eigenvalue weighted by molar-refractivity contribution is -0.139. The molecule has 1 aliphatic carbocycles. The van der Waals surface area contributed by atoms with Gasteiger partial charge in [-0.3, -0.25) is 4.79 Å². The molecule has 3 heteroatoms. The van der Waals surface area contributed by atoms with Crippen LogP contribution in [0.15, 0.2) is 0 Å². The van der Waals surface area contributed by atoms with E-state index in [2.05, 4.69) is 19.2 Å². The smallest absolute Gasteiger partial charge is 0.320 e. The van der Waals surface area contributed by atoms with Gasteiger partial charge in [-0.15, -0.1) is 0 Å². The second kappa shape index (κ2) is 4.74. The van der Waals surface area contributed by atoms with Gasteiger partial charge in [0.2, 0.25) is 0 Å². The van der Waals surface area contributed by atoms with Crippen molar-refractivity contribution in [2.24, 2.45) is 17.8 Å². The summed E-state index contributed by atoms with van der Waals surface area (Å²) in [5.41, 5.74) is 0. The molecule has 0 aromatic rings. The van der Waals surface area contributed by atoms with Gasteiger partial charge in [-0.25, -0.2) is 0 Å². The molecule has 0 spiro atoms. The van der Waals surface area contributed by atoms with Gasteiger partial charge in [-0.1, -0.05) is 20.3 Å². The van der Waals surface area contributed by atoms with E-state index in [4.69, 9.17) is 5.11 Å². The minimum Gasteiger partial charge on any atom is -0.480 e. The Morgan fingerprint density at radius 1 is 1.12 bits per heavy atom. The number of carbonyl (C=O) groups is 1. The molecule has 2 rings (SSSR count). The van der Waals surface area contributed by atoms with Gasteiger partial charge in [-0.05, 0) is 43.4 Å². The van der Waals surface area contributed by atoms with Crippen LogP contribution in [0.2, 0.25) is 0 Å². The quantitative estimate of drug-likeness (QED) is 0.758. The third-order valence-electron chi connectivity index (χ3n) is 4.69. The minimum atomic E-state index is -0.681. The van der Waals surface area contributed by atoms with Crippen LogP contribution in [-0.2, 0) is 4.79 Å². The highest BCUT2D eigenvalue weighted by molar-refractivity contribution is 5.73. The normalized spacial score (nSPS) is 44.5. The maximum Gasteiger partial charge on any atom is 0.320 e. The summed E-state index contributed by atoms with van der Waals surface area (Å²) in [5, 5.41) is 12.3. The number of hydrogen-bond acceptors (Lipinski definition) is 2. The van der Waals surface area contributed by atoms with E-state index < -0.39 is 5.97 Å². The molecule has 5 unspecified atom stereocenters. The Morgan fingerprint density at radius 2 is 1.88 bits per heavy atom. The van der Waals surface area contributed by atoms with Crippen LogP contribution < -0.4 is 5.32 Å². The molecule has 2 fully saturated rings. The lowest BCUT2D eigenvalue weighted by Gasteiger charge is -2.35. The van der Waals surface area contributed by atoms with Crippen molar-refractivity contribution in [2.75, 3.05) is 0 Å². The summed E-state index contributed by atoms with van der Waals surface area (Å²) in [5.74, 6) is 1.66. The summed E-state index contributed by atoms with van der Waals surface area (Å²) in [6.45, 7) is 4.67. The minimum absolute atomic E-state index is 0.292. The van der Waals surface area contributed by atoms with Crippen LogP contribution in [-0.4, -0.2) is 23.2 Å². The summed E-state index contributed by atoms with van der Waals surface area (Å²) < 4.78 is 0. The Morgan fingerprint density at radius 3 is 2.44 bits per heavy atom. The van der Waals surface area contributed by atoms with E-state index in [9.17, 15) is 4.79 Å². The van der Waals surface area contributed by atoms with Crippen LogP contribution >= 0.6 is 0 Å². The monoisotopic (exact) mass is 225 g/mol. The van der Waals surface area contributed by atoms with Crippen molar-refractivity contribution < 1.29 is 9.90 Å². The molecule has 3 nitrogen and oxygen atoms in total. The molecule has 0 aromatic heterocycles. The van der Waals surface area contributed by atoms with Gasteiger partial charge >= 0.3 is 5.97 Å². The second-order valence-corrected chi connectivity index (χ2v) is 5.77. The third-order valence-corrected chi connectivity index (χ3v) is 4.69. The van der Waals surface area contributed by atoms with Crippen LogP contribution in [0.3, 0.4) is 0 Å². The molecule has 2 N–H and O–H groups in total. The Balaban J connectivity index is 1.88. The lowest BCUT2D eigenvalue weighted by atomic mass is 9.73. The predicted octanol–water partition coefficient (Wildman–Crippen LogP) is 2.26. The maximum absolute atomic E-state index is 10.9.